The Bertz CT molecular complexity index is 902. The van der Waals surface area contributed by atoms with Crippen molar-refractivity contribution < 1.29 is 0 Å². The van der Waals surface area contributed by atoms with Crippen molar-refractivity contribution in [2.45, 2.75) is 20.3 Å². The van der Waals surface area contributed by atoms with Crippen LogP contribution in [0.1, 0.15) is 22.5 Å². The number of nitrogens with zero attached hydrogens (tertiary/aromatic N) is 4. The Labute approximate surface area is 135 Å². The first-order valence-electron chi connectivity index (χ1n) is 7.62. The number of benzene rings is 1. The van der Waals surface area contributed by atoms with E-state index in [4.69, 9.17) is 0 Å². The van der Waals surface area contributed by atoms with Crippen LogP contribution in [-0.4, -0.2) is 21.3 Å². The molecule has 1 aromatic carbocycles. The molecule has 0 spiro atoms. The van der Waals surface area contributed by atoms with Crippen molar-refractivity contribution in [3.8, 4) is 6.07 Å². The number of aryl methyl sites for hydroxylation is 2. The van der Waals surface area contributed by atoms with Crippen LogP contribution in [0.4, 0.5) is 5.69 Å². The maximum Gasteiger partial charge on any atom is 0.103 e. The summed E-state index contributed by atoms with van der Waals surface area (Å²) in [7, 11) is 1.96. The third-order valence-corrected chi connectivity index (χ3v) is 4.23. The van der Waals surface area contributed by atoms with Crippen LogP contribution in [0.2, 0.25) is 0 Å². The summed E-state index contributed by atoms with van der Waals surface area (Å²) < 4.78 is 1.91. The molecule has 0 radical (unpaired) electrons. The van der Waals surface area contributed by atoms with Gasteiger partial charge in [0.15, 0.2) is 0 Å². The Balaban J connectivity index is 1.86. The number of fused-ring (bicyclic) bond motifs is 1. The molecule has 2 heterocycles. The van der Waals surface area contributed by atoms with Crippen molar-refractivity contribution in [3.63, 3.8) is 0 Å². The number of pyridine rings is 1. The van der Waals surface area contributed by atoms with Crippen molar-refractivity contribution in [2.75, 3.05) is 11.9 Å². The quantitative estimate of drug-likeness (QED) is 0.804. The SMILES string of the molecule is Cc1nn(C)c(C)c1CCNc1c(C#N)cnc2ccccc12. The van der Waals surface area contributed by atoms with Crippen LogP contribution in [-0.2, 0) is 13.5 Å². The second-order valence-electron chi connectivity index (χ2n) is 5.63. The average Bonchev–Trinajstić information content (AvgIpc) is 2.81. The zero-order chi connectivity index (χ0) is 16.4. The summed E-state index contributed by atoms with van der Waals surface area (Å²) in [4.78, 5) is 4.33. The molecular weight excluding hydrogens is 286 g/mol. The van der Waals surface area contributed by atoms with Crippen LogP contribution in [0.5, 0.6) is 0 Å². The highest BCUT2D eigenvalue weighted by Gasteiger charge is 2.11. The molecule has 0 aliphatic carbocycles. The van der Waals surface area contributed by atoms with Gasteiger partial charge in [0.2, 0.25) is 0 Å². The first-order chi connectivity index (χ1) is 11.1. The number of rotatable bonds is 4. The van der Waals surface area contributed by atoms with E-state index < -0.39 is 0 Å². The highest BCUT2D eigenvalue weighted by atomic mass is 15.3. The molecule has 1 N–H and O–H groups in total. The van der Waals surface area contributed by atoms with Gasteiger partial charge in [-0.05, 0) is 31.9 Å². The van der Waals surface area contributed by atoms with Crippen LogP contribution in [0.3, 0.4) is 0 Å². The van der Waals surface area contributed by atoms with Gasteiger partial charge in [0, 0.05) is 30.9 Å². The van der Waals surface area contributed by atoms with E-state index in [2.05, 4.69) is 28.4 Å². The molecule has 116 valence electrons. The second kappa shape index (κ2) is 6.09. The third-order valence-electron chi connectivity index (χ3n) is 4.23. The van der Waals surface area contributed by atoms with Gasteiger partial charge in [-0.1, -0.05) is 18.2 Å². The maximum atomic E-state index is 9.34. The number of anilines is 1. The Morgan fingerprint density at radius 2 is 2.04 bits per heavy atom. The van der Waals surface area contributed by atoms with E-state index in [0.29, 0.717) is 5.56 Å². The summed E-state index contributed by atoms with van der Waals surface area (Å²) in [6, 6.07) is 10.1. The van der Waals surface area contributed by atoms with E-state index in [9.17, 15) is 5.26 Å². The first kappa shape index (κ1) is 15.0. The summed E-state index contributed by atoms with van der Waals surface area (Å²) in [6.45, 7) is 4.86. The Morgan fingerprint density at radius 3 is 2.74 bits per heavy atom. The van der Waals surface area contributed by atoms with E-state index in [1.54, 1.807) is 6.20 Å². The monoisotopic (exact) mass is 305 g/mol. The Kier molecular flexibility index (Phi) is 3.98. The lowest BCUT2D eigenvalue weighted by Gasteiger charge is -2.11. The van der Waals surface area contributed by atoms with Gasteiger partial charge in [-0.25, -0.2) is 0 Å². The molecule has 23 heavy (non-hydrogen) atoms. The van der Waals surface area contributed by atoms with Crippen molar-refractivity contribution in [1.29, 1.82) is 5.26 Å². The van der Waals surface area contributed by atoms with Crippen LogP contribution < -0.4 is 5.32 Å². The zero-order valence-corrected chi connectivity index (χ0v) is 13.6. The van der Waals surface area contributed by atoms with Crippen LogP contribution in [0.15, 0.2) is 30.5 Å². The minimum Gasteiger partial charge on any atom is -0.383 e. The van der Waals surface area contributed by atoms with Crippen molar-refractivity contribution in [1.82, 2.24) is 14.8 Å². The lowest BCUT2D eigenvalue weighted by molar-refractivity contribution is 0.730. The molecule has 0 aliphatic rings. The standard InChI is InChI=1S/C18H19N5/c1-12-15(13(2)23(3)22-12)8-9-20-18-14(10-19)11-21-17-7-5-4-6-16(17)18/h4-7,11H,8-9H2,1-3H3,(H,20,21). The maximum absolute atomic E-state index is 9.34. The molecule has 0 unspecified atom stereocenters. The molecule has 0 saturated heterocycles. The highest BCUT2D eigenvalue weighted by molar-refractivity contribution is 5.93. The second-order valence-corrected chi connectivity index (χ2v) is 5.63. The van der Waals surface area contributed by atoms with Crippen LogP contribution >= 0.6 is 0 Å². The number of hydrogen-bond acceptors (Lipinski definition) is 4. The third kappa shape index (κ3) is 2.76. The number of aromatic nitrogens is 3. The van der Waals surface area contributed by atoms with E-state index in [1.807, 2.05) is 42.9 Å². The first-order valence-corrected chi connectivity index (χ1v) is 7.62. The summed E-state index contributed by atoms with van der Waals surface area (Å²) in [5.41, 5.74) is 5.83. The van der Waals surface area contributed by atoms with E-state index in [-0.39, 0.29) is 0 Å². The summed E-state index contributed by atoms with van der Waals surface area (Å²) >= 11 is 0. The van der Waals surface area contributed by atoms with Gasteiger partial charge in [-0.2, -0.15) is 10.4 Å². The van der Waals surface area contributed by atoms with Crippen molar-refractivity contribution >= 4 is 16.6 Å². The average molecular weight is 305 g/mol. The minimum atomic E-state index is 0.573. The normalized spacial score (nSPS) is 10.7. The molecule has 5 nitrogen and oxygen atoms in total. The zero-order valence-electron chi connectivity index (χ0n) is 13.6. The molecule has 0 atom stereocenters. The van der Waals surface area contributed by atoms with Gasteiger partial charge in [-0.3, -0.25) is 9.67 Å². The number of hydrogen-bond donors (Lipinski definition) is 1. The van der Waals surface area contributed by atoms with Crippen LogP contribution in [0.25, 0.3) is 10.9 Å². The molecule has 0 bridgehead atoms. The lowest BCUT2D eigenvalue weighted by Crippen LogP contribution is -2.08. The number of nitriles is 1. The summed E-state index contributed by atoms with van der Waals surface area (Å²) in [5.74, 6) is 0. The predicted molar refractivity (Wildman–Crippen MR) is 91.3 cm³/mol. The molecule has 3 rings (SSSR count). The smallest absolute Gasteiger partial charge is 0.103 e. The fourth-order valence-electron chi connectivity index (χ4n) is 2.91. The number of para-hydroxylation sites is 1. The largest absolute Gasteiger partial charge is 0.383 e. The van der Waals surface area contributed by atoms with Gasteiger partial charge < -0.3 is 5.32 Å². The molecule has 0 saturated carbocycles. The van der Waals surface area contributed by atoms with Crippen LogP contribution in [0, 0.1) is 25.2 Å². The van der Waals surface area contributed by atoms with Crippen molar-refractivity contribution in [2.24, 2.45) is 7.05 Å². The molecule has 0 aliphatic heterocycles. The van der Waals surface area contributed by atoms with Gasteiger partial charge in [0.1, 0.15) is 6.07 Å². The summed E-state index contributed by atoms with van der Waals surface area (Å²) in [5, 5.41) is 18.2. The molecule has 5 heteroatoms. The fourth-order valence-corrected chi connectivity index (χ4v) is 2.91. The Morgan fingerprint density at radius 1 is 1.26 bits per heavy atom. The molecule has 2 aromatic heterocycles. The molecular formula is C18H19N5. The Hall–Kier alpha value is -2.87. The van der Waals surface area contributed by atoms with Gasteiger partial charge in [0.25, 0.3) is 0 Å². The minimum absolute atomic E-state index is 0.573. The highest BCUT2D eigenvalue weighted by Crippen LogP contribution is 2.25. The van der Waals surface area contributed by atoms with E-state index in [1.165, 1.54) is 11.3 Å². The fraction of sp³-hybridized carbons (Fsp3) is 0.278. The van der Waals surface area contributed by atoms with Gasteiger partial charge >= 0.3 is 0 Å². The summed E-state index contributed by atoms with van der Waals surface area (Å²) in [6.07, 6.45) is 2.50. The molecule has 3 aromatic rings. The molecule has 0 amide bonds. The predicted octanol–water partition coefficient (Wildman–Crippen LogP) is 3.11. The van der Waals surface area contributed by atoms with Crippen molar-refractivity contribution in [3.05, 3.63) is 53.0 Å². The van der Waals surface area contributed by atoms with E-state index in [0.717, 1.165) is 35.2 Å². The molecule has 0 fully saturated rings. The van der Waals surface area contributed by atoms with Gasteiger partial charge in [-0.15, -0.1) is 0 Å². The topological polar surface area (TPSA) is 66.5 Å². The van der Waals surface area contributed by atoms with E-state index >= 15 is 0 Å². The number of nitrogens with one attached hydrogen (secondary N) is 1. The van der Waals surface area contributed by atoms with Gasteiger partial charge in [0.05, 0.1) is 22.5 Å². The lowest BCUT2D eigenvalue weighted by atomic mass is 10.1.